The van der Waals surface area contributed by atoms with Gasteiger partial charge >= 0.3 is 0 Å². The van der Waals surface area contributed by atoms with Crippen LogP contribution in [-0.2, 0) is 9.32 Å². The van der Waals surface area contributed by atoms with Gasteiger partial charge < -0.3 is 0 Å². The topological polar surface area (TPSA) is 33.7 Å². The number of nitrogens with zero attached hydrogens (tertiary/aromatic N) is 1. The van der Waals surface area contributed by atoms with Crippen LogP contribution in [0.25, 0.3) is 0 Å². The Morgan fingerprint density at radius 1 is 1.33 bits per heavy atom. The molecule has 0 aliphatic heterocycles. The van der Waals surface area contributed by atoms with Crippen LogP contribution in [0.15, 0.2) is 0 Å². The fourth-order valence-electron chi connectivity index (χ4n) is 1.20. The molecule has 0 atom stereocenters. The van der Waals surface area contributed by atoms with Crippen LogP contribution in [-0.4, -0.2) is 23.7 Å². The quantitative estimate of drug-likeness (QED) is 0.220. The molecule has 0 radical (unpaired) electrons. The second-order valence-corrected chi connectivity index (χ2v) is 3.14. The first-order valence-corrected chi connectivity index (χ1v) is 4.44. The van der Waals surface area contributed by atoms with Gasteiger partial charge in [-0.15, -0.1) is 14.8 Å². The average molecular weight is 194 g/mol. The molecule has 12 heavy (non-hydrogen) atoms. The van der Waals surface area contributed by atoms with E-state index in [1.165, 1.54) is 0 Å². The first-order valence-electron chi connectivity index (χ1n) is 4.07. The Kier molecular flexibility index (Phi) is 5.86. The molecule has 0 saturated carbocycles. The summed E-state index contributed by atoms with van der Waals surface area (Å²) in [5.41, 5.74) is 2.49. The standard InChI is InChI=1S/C7H18N2O2S/c1-5-9(6-2)7(3,4)8-10-11-12/h8,12H,5-6H2,1-4H3. The van der Waals surface area contributed by atoms with Crippen molar-refractivity contribution < 1.29 is 9.32 Å². The second-order valence-electron chi connectivity index (χ2n) is 2.99. The maximum atomic E-state index is 4.56. The molecule has 74 valence electrons. The van der Waals surface area contributed by atoms with E-state index < -0.39 is 0 Å². The van der Waals surface area contributed by atoms with Crippen molar-refractivity contribution >= 4 is 12.9 Å². The van der Waals surface area contributed by atoms with Crippen molar-refractivity contribution in [1.29, 1.82) is 0 Å². The molecule has 0 bridgehead atoms. The Labute approximate surface area is 79.7 Å². The zero-order chi connectivity index (χ0) is 9.61. The molecular formula is C7H18N2O2S. The van der Waals surface area contributed by atoms with E-state index in [0.717, 1.165) is 13.1 Å². The van der Waals surface area contributed by atoms with Crippen LogP contribution in [0, 0.1) is 0 Å². The van der Waals surface area contributed by atoms with Crippen LogP contribution < -0.4 is 5.48 Å². The fourth-order valence-corrected chi connectivity index (χ4v) is 1.24. The summed E-state index contributed by atoms with van der Waals surface area (Å²) >= 11 is 3.46. The first kappa shape index (κ1) is 12.2. The van der Waals surface area contributed by atoms with Crippen molar-refractivity contribution in [2.24, 2.45) is 0 Å². The summed E-state index contributed by atoms with van der Waals surface area (Å²) in [6.45, 7) is 10.1. The highest BCUT2D eigenvalue weighted by Gasteiger charge is 2.24. The molecule has 0 aliphatic carbocycles. The molecule has 0 aromatic rings. The van der Waals surface area contributed by atoms with Crippen molar-refractivity contribution in [3.05, 3.63) is 0 Å². The molecule has 0 unspecified atom stereocenters. The smallest absolute Gasteiger partial charge is 0.0920 e. The molecule has 0 aromatic carbocycles. The van der Waals surface area contributed by atoms with E-state index >= 15 is 0 Å². The SMILES string of the molecule is CCN(CC)C(C)(C)NOOS. The summed E-state index contributed by atoms with van der Waals surface area (Å²) in [6.07, 6.45) is 0. The summed E-state index contributed by atoms with van der Waals surface area (Å²) in [5, 5.41) is 0. The van der Waals surface area contributed by atoms with Gasteiger partial charge in [0.15, 0.2) is 0 Å². The van der Waals surface area contributed by atoms with E-state index in [0.29, 0.717) is 0 Å². The number of thiol groups is 1. The van der Waals surface area contributed by atoms with E-state index in [2.05, 4.69) is 46.5 Å². The molecule has 4 nitrogen and oxygen atoms in total. The van der Waals surface area contributed by atoms with Crippen molar-refractivity contribution in [1.82, 2.24) is 10.4 Å². The van der Waals surface area contributed by atoms with Gasteiger partial charge in [0, 0.05) is 12.9 Å². The molecule has 5 heteroatoms. The minimum Gasteiger partial charge on any atom is -0.285 e. The van der Waals surface area contributed by atoms with Crippen LogP contribution in [0.2, 0.25) is 0 Å². The Balaban J connectivity index is 3.96. The van der Waals surface area contributed by atoms with Gasteiger partial charge in [-0.2, -0.15) is 0 Å². The van der Waals surface area contributed by atoms with Gasteiger partial charge in [0.05, 0.1) is 5.66 Å². The maximum Gasteiger partial charge on any atom is 0.0920 e. The molecule has 0 heterocycles. The fraction of sp³-hybridized carbons (Fsp3) is 1.00. The largest absolute Gasteiger partial charge is 0.285 e. The van der Waals surface area contributed by atoms with E-state index in [1.54, 1.807) is 0 Å². The van der Waals surface area contributed by atoms with Crippen LogP contribution >= 0.6 is 12.9 Å². The highest BCUT2D eigenvalue weighted by atomic mass is 32.1. The maximum absolute atomic E-state index is 4.56. The Morgan fingerprint density at radius 3 is 2.17 bits per heavy atom. The number of rotatable bonds is 6. The van der Waals surface area contributed by atoms with E-state index in [1.807, 2.05) is 13.8 Å². The van der Waals surface area contributed by atoms with Gasteiger partial charge in [-0.05, 0) is 26.9 Å². The van der Waals surface area contributed by atoms with Gasteiger partial charge in [0.25, 0.3) is 0 Å². The number of hydrogen-bond acceptors (Lipinski definition) is 5. The van der Waals surface area contributed by atoms with Crippen LogP contribution in [0.1, 0.15) is 27.7 Å². The van der Waals surface area contributed by atoms with E-state index in [4.69, 9.17) is 0 Å². The third-order valence-corrected chi connectivity index (χ3v) is 1.96. The number of hydroxylamine groups is 1. The van der Waals surface area contributed by atoms with Gasteiger partial charge in [-0.25, -0.2) is 0 Å². The molecule has 0 spiro atoms. The second kappa shape index (κ2) is 5.77. The predicted molar refractivity (Wildman–Crippen MR) is 51.3 cm³/mol. The lowest BCUT2D eigenvalue weighted by molar-refractivity contribution is -0.277. The lowest BCUT2D eigenvalue weighted by Crippen LogP contribution is -2.54. The third-order valence-electron chi connectivity index (χ3n) is 1.88. The minimum absolute atomic E-state index is 0.244. The number of nitrogens with one attached hydrogen (secondary N) is 1. The molecule has 1 N–H and O–H groups in total. The van der Waals surface area contributed by atoms with Gasteiger partial charge in [0.2, 0.25) is 0 Å². The molecule has 0 rings (SSSR count). The predicted octanol–water partition coefficient (Wildman–Crippen LogP) is 1.36. The molecule has 0 fully saturated rings. The Bertz CT molecular complexity index is 118. The first-order chi connectivity index (χ1) is 5.58. The van der Waals surface area contributed by atoms with Crippen molar-refractivity contribution in [3.63, 3.8) is 0 Å². The van der Waals surface area contributed by atoms with Gasteiger partial charge in [-0.1, -0.05) is 13.8 Å². The van der Waals surface area contributed by atoms with Crippen molar-refractivity contribution in [2.75, 3.05) is 13.1 Å². The zero-order valence-electron chi connectivity index (χ0n) is 8.13. The van der Waals surface area contributed by atoms with Crippen molar-refractivity contribution in [3.8, 4) is 0 Å². The van der Waals surface area contributed by atoms with Crippen LogP contribution in [0.3, 0.4) is 0 Å². The zero-order valence-corrected chi connectivity index (χ0v) is 9.02. The average Bonchev–Trinajstić information content (AvgIpc) is 2.03. The number of hydrogen-bond donors (Lipinski definition) is 2. The summed E-state index contributed by atoms with van der Waals surface area (Å²) in [4.78, 5) is 6.75. The van der Waals surface area contributed by atoms with Crippen molar-refractivity contribution in [2.45, 2.75) is 33.4 Å². The van der Waals surface area contributed by atoms with E-state index in [-0.39, 0.29) is 5.66 Å². The normalized spacial score (nSPS) is 12.5. The lowest BCUT2D eigenvalue weighted by atomic mass is 10.2. The van der Waals surface area contributed by atoms with Gasteiger partial charge in [0.1, 0.15) is 0 Å². The molecule has 0 aliphatic rings. The minimum atomic E-state index is -0.244. The molecule has 0 saturated heterocycles. The summed E-state index contributed by atoms with van der Waals surface area (Å²) in [7, 11) is 0. The Morgan fingerprint density at radius 2 is 1.83 bits per heavy atom. The highest BCUT2D eigenvalue weighted by Crippen LogP contribution is 2.09. The van der Waals surface area contributed by atoms with Crippen LogP contribution in [0.5, 0.6) is 0 Å². The third kappa shape index (κ3) is 3.73. The van der Waals surface area contributed by atoms with Crippen LogP contribution in [0.4, 0.5) is 0 Å². The Hall–Kier alpha value is 0.190. The molecular weight excluding hydrogens is 176 g/mol. The molecule has 0 amide bonds. The summed E-state index contributed by atoms with van der Waals surface area (Å²) < 4.78 is 4.17. The monoisotopic (exact) mass is 194 g/mol. The molecule has 0 aromatic heterocycles. The summed E-state index contributed by atoms with van der Waals surface area (Å²) in [5.74, 6) is 0. The van der Waals surface area contributed by atoms with E-state index in [9.17, 15) is 0 Å². The summed E-state index contributed by atoms with van der Waals surface area (Å²) in [6, 6.07) is 0. The highest BCUT2D eigenvalue weighted by molar-refractivity contribution is 7.74. The van der Waals surface area contributed by atoms with Gasteiger partial charge in [-0.3, -0.25) is 4.90 Å². The lowest BCUT2D eigenvalue weighted by Gasteiger charge is -2.36.